The van der Waals surface area contributed by atoms with Crippen LogP contribution in [-0.2, 0) is 0 Å². The molecule has 0 aromatic heterocycles. The molecule has 124 valence electrons. The summed E-state index contributed by atoms with van der Waals surface area (Å²) in [6.07, 6.45) is 2.95. The van der Waals surface area contributed by atoms with Crippen molar-refractivity contribution in [2.75, 3.05) is 19.6 Å². The van der Waals surface area contributed by atoms with Gasteiger partial charge in [-0.3, -0.25) is 4.90 Å². The Morgan fingerprint density at radius 1 is 1.05 bits per heavy atom. The second-order valence-corrected chi connectivity index (χ2v) is 6.91. The molecule has 0 aromatic carbocycles. The molecule has 0 aromatic rings. The van der Waals surface area contributed by atoms with Crippen molar-refractivity contribution in [1.82, 2.24) is 10.2 Å². The summed E-state index contributed by atoms with van der Waals surface area (Å²) in [4.78, 5) is 2.16. The van der Waals surface area contributed by atoms with Crippen LogP contribution >= 0.6 is 0 Å². The topological polar surface area (TPSA) is 15.3 Å². The second kappa shape index (κ2) is 6.45. The fraction of sp³-hybridized carbons (Fsp3) is 1.00. The lowest BCUT2D eigenvalue weighted by Gasteiger charge is -2.56. The average molecular weight is 306 g/mol. The molecule has 1 saturated carbocycles. The van der Waals surface area contributed by atoms with Crippen LogP contribution in [0.2, 0.25) is 0 Å². The molecule has 1 saturated heterocycles. The maximum Gasteiger partial charge on any atom is 0.390 e. The molecule has 2 nitrogen and oxygen atoms in total. The van der Waals surface area contributed by atoms with E-state index in [1.807, 2.05) is 0 Å². The largest absolute Gasteiger partial charge is 0.390 e. The summed E-state index contributed by atoms with van der Waals surface area (Å²) in [7, 11) is 0. The lowest BCUT2D eigenvalue weighted by molar-refractivity contribution is -0.145. The first-order valence-electron chi connectivity index (χ1n) is 8.42. The van der Waals surface area contributed by atoms with Crippen LogP contribution < -0.4 is 5.32 Å². The van der Waals surface area contributed by atoms with Gasteiger partial charge in [0.1, 0.15) is 0 Å². The van der Waals surface area contributed by atoms with Crippen LogP contribution in [0, 0.1) is 0 Å². The molecule has 1 spiro atoms. The smallest absolute Gasteiger partial charge is 0.308 e. The van der Waals surface area contributed by atoms with Gasteiger partial charge in [0, 0.05) is 30.7 Å². The first kappa shape index (κ1) is 17.1. The van der Waals surface area contributed by atoms with Gasteiger partial charge in [-0.1, -0.05) is 33.1 Å². The van der Waals surface area contributed by atoms with Crippen molar-refractivity contribution in [2.45, 2.75) is 82.5 Å². The fourth-order valence-corrected chi connectivity index (χ4v) is 4.14. The molecule has 0 bridgehead atoms. The van der Waals surface area contributed by atoms with Gasteiger partial charge in [0.2, 0.25) is 0 Å². The number of piperazine rings is 1. The van der Waals surface area contributed by atoms with E-state index < -0.39 is 12.6 Å². The lowest BCUT2D eigenvalue weighted by atomic mass is 9.75. The molecule has 21 heavy (non-hydrogen) atoms. The van der Waals surface area contributed by atoms with Gasteiger partial charge in [-0.25, -0.2) is 0 Å². The van der Waals surface area contributed by atoms with Crippen LogP contribution in [0.1, 0.15) is 65.2 Å². The van der Waals surface area contributed by atoms with Crippen molar-refractivity contribution < 1.29 is 13.2 Å². The molecule has 1 N–H and O–H groups in total. The Morgan fingerprint density at radius 3 is 2.19 bits per heavy atom. The van der Waals surface area contributed by atoms with E-state index in [4.69, 9.17) is 0 Å². The summed E-state index contributed by atoms with van der Waals surface area (Å²) < 4.78 is 38.0. The van der Waals surface area contributed by atoms with Gasteiger partial charge in [-0.2, -0.15) is 13.2 Å². The highest BCUT2D eigenvalue weighted by molar-refractivity contribution is 5.05. The molecule has 0 atom stereocenters. The van der Waals surface area contributed by atoms with Crippen LogP contribution in [-0.4, -0.2) is 41.8 Å². The number of hydrogen-bond acceptors (Lipinski definition) is 2. The van der Waals surface area contributed by atoms with E-state index in [0.29, 0.717) is 0 Å². The molecule has 2 fully saturated rings. The van der Waals surface area contributed by atoms with Crippen molar-refractivity contribution in [3.05, 3.63) is 0 Å². The van der Waals surface area contributed by atoms with E-state index in [9.17, 15) is 13.2 Å². The van der Waals surface area contributed by atoms with Crippen molar-refractivity contribution in [2.24, 2.45) is 0 Å². The van der Waals surface area contributed by atoms with E-state index in [1.165, 1.54) is 19.3 Å². The average Bonchev–Trinajstić information content (AvgIpc) is 2.46. The molecule has 0 unspecified atom stereocenters. The van der Waals surface area contributed by atoms with Gasteiger partial charge in [0.25, 0.3) is 0 Å². The SMILES string of the molecule is CCC1(CC)CNC2(CCCCC2)CN1CCC(F)(F)F. The minimum atomic E-state index is -4.06. The molecule has 1 heterocycles. The predicted molar refractivity (Wildman–Crippen MR) is 79.4 cm³/mol. The minimum Gasteiger partial charge on any atom is -0.308 e. The third-order valence-corrected chi connectivity index (χ3v) is 5.75. The fourth-order valence-electron chi connectivity index (χ4n) is 4.14. The van der Waals surface area contributed by atoms with Gasteiger partial charge in [-0.15, -0.1) is 0 Å². The highest BCUT2D eigenvalue weighted by Gasteiger charge is 2.46. The van der Waals surface area contributed by atoms with Crippen molar-refractivity contribution in [3.63, 3.8) is 0 Å². The van der Waals surface area contributed by atoms with Gasteiger partial charge in [-0.05, 0) is 25.7 Å². The van der Waals surface area contributed by atoms with Gasteiger partial charge in [0.05, 0.1) is 6.42 Å². The Labute approximate surface area is 126 Å². The van der Waals surface area contributed by atoms with Crippen LogP contribution in [0.5, 0.6) is 0 Å². The molecule has 2 aliphatic rings. The molecule has 2 rings (SSSR count). The molecule has 1 aliphatic heterocycles. The molecule has 5 heteroatoms. The third-order valence-electron chi connectivity index (χ3n) is 5.75. The zero-order chi connectivity index (χ0) is 15.6. The quantitative estimate of drug-likeness (QED) is 0.841. The zero-order valence-corrected chi connectivity index (χ0v) is 13.4. The van der Waals surface area contributed by atoms with Crippen molar-refractivity contribution in [1.29, 1.82) is 0 Å². The number of rotatable bonds is 4. The summed E-state index contributed by atoms with van der Waals surface area (Å²) in [5.74, 6) is 0. The molecule has 1 aliphatic carbocycles. The van der Waals surface area contributed by atoms with Gasteiger partial charge in [0.15, 0.2) is 0 Å². The Kier molecular flexibility index (Phi) is 5.24. The summed E-state index contributed by atoms with van der Waals surface area (Å²) in [6, 6.07) is 0. The number of hydrogen-bond donors (Lipinski definition) is 1. The lowest BCUT2D eigenvalue weighted by Crippen LogP contribution is -2.70. The monoisotopic (exact) mass is 306 g/mol. The van der Waals surface area contributed by atoms with E-state index in [1.54, 1.807) is 0 Å². The first-order chi connectivity index (χ1) is 9.85. The Bertz CT molecular complexity index is 331. The number of alkyl halides is 3. The third kappa shape index (κ3) is 3.92. The van der Waals surface area contributed by atoms with Crippen LogP contribution in [0.15, 0.2) is 0 Å². The summed E-state index contributed by atoms with van der Waals surface area (Å²) in [5.41, 5.74) is -0.0361. The standard InChI is InChI=1S/C16H29F3N2/c1-3-15(4-2)12-20-14(8-6-5-7-9-14)13-21(15)11-10-16(17,18)19/h20H,3-13H2,1-2H3. The van der Waals surface area contributed by atoms with Crippen LogP contribution in [0.3, 0.4) is 0 Å². The van der Waals surface area contributed by atoms with E-state index in [-0.39, 0.29) is 17.6 Å². The normalized spacial score (nSPS) is 26.1. The van der Waals surface area contributed by atoms with Gasteiger partial charge < -0.3 is 5.32 Å². The Hall–Kier alpha value is -0.290. The minimum absolute atomic E-state index is 0.0672. The number of nitrogens with one attached hydrogen (secondary N) is 1. The van der Waals surface area contributed by atoms with E-state index in [0.717, 1.165) is 38.8 Å². The maximum atomic E-state index is 12.7. The van der Waals surface area contributed by atoms with Crippen molar-refractivity contribution >= 4 is 0 Å². The van der Waals surface area contributed by atoms with Crippen LogP contribution in [0.4, 0.5) is 13.2 Å². The first-order valence-corrected chi connectivity index (χ1v) is 8.42. The summed E-state index contributed by atoms with van der Waals surface area (Å²) >= 11 is 0. The van der Waals surface area contributed by atoms with Gasteiger partial charge >= 0.3 is 6.18 Å². The predicted octanol–water partition coefficient (Wildman–Crippen LogP) is 4.11. The Morgan fingerprint density at radius 2 is 1.67 bits per heavy atom. The van der Waals surface area contributed by atoms with E-state index in [2.05, 4.69) is 24.1 Å². The molecule has 0 amide bonds. The van der Waals surface area contributed by atoms with Crippen LogP contribution in [0.25, 0.3) is 0 Å². The highest BCUT2D eigenvalue weighted by atomic mass is 19.4. The number of halogens is 3. The molecule has 0 radical (unpaired) electrons. The summed E-state index contributed by atoms with van der Waals surface area (Å²) in [6.45, 7) is 5.96. The van der Waals surface area contributed by atoms with Crippen molar-refractivity contribution in [3.8, 4) is 0 Å². The second-order valence-electron chi connectivity index (χ2n) is 6.91. The van der Waals surface area contributed by atoms with E-state index >= 15 is 0 Å². The maximum absolute atomic E-state index is 12.7. The molecular formula is C16H29F3N2. The Balaban J connectivity index is 2.11. The molecular weight excluding hydrogens is 277 g/mol. The highest BCUT2D eigenvalue weighted by Crippen LogP contribution is 2.38. The zero-order valence-electron chi connectivity index (χ0n) is 13.4. The summed E-state index contributed by atoms with van der Waals surface area (Å²) in [5, 5.41) is 3.73. The number of nitrogens with zero attached hydrogens (tertiary/aromatic N) is 1.